The van der Waals surface area contributed by atoms with Crippen LogP contribution in [0.25, 0.3) is 0 Å². The number of carbonyl (C=O) groups is 2. The Balaban J connectivity index is 1.45. The first kappa shape index (κ1) is 18.4. The third kappa shape index (κ3) is 2.92. The number of urea groups is 1. The quantitative estimate of drug-likeness (QED) is 0.842. The fraction of sp³-hybridized carbons (Fsp3) is 0.273. The molecule has 8 nitrogen and oxygen atoms in total. The molecule has 0 spiro atoms. The molecule has 0 saturated heterocycles. The van der Waals surface area contributed by atoms with Crippen molar-refractivity contribution in [2.24, 2.45) is 0 Å². The summed E-state index contributed by atoms with van der Waals surface area (Å²) in [5.41, 5.74) is 3.05. The van der Waals surface area contributed by atoms with E-state index in [0.29, 0.717) is 35.9 Å². The number of methoxy groups -OCH3 is 1. The van der Waals surface area contributed by atoms with Gasteiger partial charge in [0.05, 0.1) is 31.0 Å². The van der Waals surface area contributed by atoms with Gasteiger partial charge in [0.15, 0.2) is 11.5 Å². The zero-order chi connectivity index (χ0) is 20.8. The van der Waals surface area contributed by atoms with Gasteiger partial charge < -0.3 is 24.4 Å². The maximum atomic E-state index is 13.4. The molecule has 0 bridgehead atoms. The summed E-state index contributed by atoms with van der Waals surface area (Å²) in [6.07, 6.45) is 0. The fourth-order valence-electron chi connectivity index (χ4n) is 4.08. The molecule has 0 aliphatic carbocycles. The first-order valence-electron chi connectivity index (χ1n) is 9.64. The van der Waals surface area contributed by atoms with Gasteiger partial charge in [0, 0.05) is 13.6 Å². The topological polar surface area (TPSA) is 80.3 Å². The average Bonchev–Trinajstić information content (AvgIpc) is 3.35. The van der Waals surface area contributed by atoms with Crippen LogP contribution in [0.15, 0.2) is 53.7 Å². The molecule has 1 unspecified atom stereocenters. The minimum Gasteiger partial charge on any atom is -0.497 e. The Morgan fingerprint density at radius 2 is 1.97 bits per heavy atom. The number of likely N-dealkylation sites (N-methyl/N-ethyl adjacent to an activating group) is 1. The predicted molar refractivity (Wildman–Crippen MR) is 107 cm³/mol. The molecular weight excluding hydrogens is 386 g/mol. The molecule has 5 rings (SSSR count). The van der Waals surface area contributed by atoms with E-state index >= 15 is 0 Å². The van der Waals surface area contributed by atoms with E-state index in [1.807, 2.05) is 42.5 Å². The van der Waals surface area contributed by atoms with Crippen LogP contribution in [0.4, 0.5) is 4.79 Å². The number of carbonyl (C=O) groups excluding carboxylic acids is 2. The molecule has 2 aromatic rings. The second-order valence-corrected chi connectivity index (χ2v) is 7.43. The van der Waals surface area contributed by atoms with Crippen molar-refractivity contribution in [3.63, 3.8) is 0 Å². The Morgan fingerprint density at radius 1 is 1.13 bits per heavy atom. The highest BCUT2D eigenvalue weighted by molar-refractivity contribution is 6.01. The first-order chi connectivity index (χ1) is 14.5. The first-order valence-corrected chi connectivity index (χ1v) is 9.64. The van der Waals surface area contributed by atoms with Gasteiger partial charge in [0.2, 0.25) is 6.79 Å². The van der Waals surface area contributed by atoms with Gasteiger partial charge in [0.1, 0.15) is 5.75 Å². The smallest absolute Gasteiger partial charge is 0.322 e. The van der Waals surface area contributed by atoms with E-state index in [2.05, 4.69) is 5.32 Å². The molecule has 0 saturated carbocycles. The monoisotopic (exact) mass is 407 g/mol. The highest BCUT2D eigenvalue weighted by Crippen LogP contribution is 2.38. The molecule has 0 radical (unpaired) electrons. The zero-order valence-electron chi connectivity index (χ0n) is 16.7. The third-order valence-corrected chi connectivity index (χ3v) is 5.67. The molecule has 2 aromatic carbocycles. The molecule has 1 atom stereocenters. The standard InChI is InChI=1S/C22H21N3O5/c1-24-16-11-25(10-13-6-7-17-18(8-13)30-12-29-17)21(26)19(16)20(23-22(24)27)14-4-3-5-15(9-14)28-2/h3-9,20H,10-12H2,1-2H3,(H,23,27). The number of ether oxygens (including phenoxy) is 3. The number of amides is 3. The van der Waals surface area contributed by atoms with Crippen LogP contribution in [0.1, 0.15) is 17.2 Å². The van der Waals surface area contributed by atoms with E-state index in [9.17, 15) is 9.59 Å². The third-order valence-electron chi connectivity index (χ3n) is 5.67. The zero-order valence-corrected chi connectivity index (χ0v) is 16.7. The van der Waals surface area contributed by atoms with E-state index in [1.165, 1.54) is 4.90 Å². The lowest BCUT2D eigenvalue weighted by molar-refractivity contribution is -0.126. The summed E-state index contributed by atoms with van der Waals surface area (Å²) in [7, 11) is 3.27. The SMILES string of the molecule is COc1cccc(C2NC(=O)N(C)C3=C2C(=O)N(Cc2ccc4c(c2)OCO4)C3)c1. The van der Waals surface area contributed by atoms with Crippen molar-refractivity contribution in [1.29, 1.82) is 0 Å². The minimum atomic E-state index is -0.520. The average molecular weight is 407 g/mol. The summed E-state index contributed by atoms with van der Waals surface area (Å²) in [6.45, 7) is 0.987. The lowest BCUT2D eigenvalue weighted by Crippen LogP contribution is -2.45. The predicted octanol–water partition coefficient (Wildman–Crippen LogP) is 2.42. The number of nitrogens with one attached hydrogen (secondary N) is 1. The number of benzene rings is 2. The second-order valence-electron chi connectivity index (χ2n) is 7.43. The maximum Gasteiger partial charge on any atom is 0.322 e. The Morgan fingerprint density at radius 3 is 2.80 bits per heavy atom. The van der Waals surface area contributed by atoms with Crippen molar-refractivity contribution in [3.8, 4) is 17.2 Å². The summed E-state index contributed by atoms with van der Waals surface area (Å²) in [5.74, 6) is 1.96. The van der Waals surface area contributed by atoms with E-state index in [1.54, 1.807) is 19.1 Å². The van der Waals surface area contributed by atoms with Crippen molar-refractivity contribution in [3.05, 3.63) is 64.9 Å². The van der Waals surface area contributed by atoms with E-state index < -0.39 is 6.04 Å². The van der Waals surface area contributed by atoms with Gasteiger partial charge in [-0.15, -0.1) is 0 Å². The van der Waals surface area contributed by atoms with E-state index in [4.69, 9.17) is 14.2 Å². The van der Waals surface area contributed by atoms with Crippen LogP contribution in [-0.2, 0) is 11.3 Å². The molecule has 3 aliphatic rings. The van der Waals surface area contributed by atoms with Crippen molar-refractivity contribution in [2.45, 2.75) is 12.6 Å². The van der Waals surface area contributed by atoms with Gasteiger partial charge in [-0.05, 0) is 35.4 Å². The highest BCUT2D eigenvalue weighted by atomic mass is 16.7. The highest BCUT2D eigenvalue weighted by Gasteiger charge is 2.42. The molecule has 8 heteroatoms. The van der Waals surface area contributed by atoms with Crippen LogP contribution in [0, 0.1) is 0 Å². The van der Waals surface area contributed by atoms with Crippen LogP contribution in [-0.4, -0.2) is 49.2 Å². The summed E-state index contributed by atoms with van der Waals surface area (Å²) >= 11 is 0. The van der Waals surface area contributed by atoms with E-state index in [-0.39, 0.29) is 18.7 Å². The number of nitrogens with zero attached hydrogens (tertiary/aromatic N) is 2. The number of hydrogen-bond donors (Lipinski definition) is 1. The second kappa shape index (κ2) is 6.98. The van der Waals surface area contributed by atoms with E-state index in [0.717, 1.165) is 16.8 Å². The van der Waals surface area contributed by atoms with Gasteiger partial charge in [-0.2, -0.15) is 0 Å². The molecule has 1 N–H and O–H groups in total. The number of fused-ring (bicyclic) bond motifs is 1. The lowest BCUT2D eigenvalue weighted by atomic mass is 9.95. The van der Waals surface area contributed by atoms with Crippen molar-refractivity contribution in [1.82, 2.24) is 15.1 Å². The van der Waals surface area contributed by atoms with Gasteiger partial charge >= 0.3 is 6.03 Å². The Hall–Kier alpha value is -3.68. The minimum absolute atomic E-state index is 0.0951. The molecule has 154 valence electrons. The Bertz CT molecular complexity index is 1080. The molecule has 0 aromatic heterocycles. The van der Waals surface area contributed by atoms with Crippen LogP contribution >= 0.6 is 0 Å². The number of rotatable bonds is 4. The van der Waals surface area contributed by atoms with Crippen LogP contribution in [0.5, 0.6) is 17.2 Å². The largest absolute Gasteiger partial charge is 0.497 e. The molecule has 0 fully saturated rings. The molecule has 3 heterocycles. The Kier molecular flexibility index (Phi) is 4.27. The van der Waals surface area contributed by atoms with Gasteiger partial charge in [0.25, 0.3) is 5.91 Å². The molecular formula is C22H21N3O5. The van der Waals surface area contributed by atoms with Crippen molar-refractivity contribution >= 4 is 11.9 Å². The lowest BCUT2D eigenvalue weighted by Gasteiger charge is -2.31. The van der Waals surface area contributed by atoms with Crippen molar-refractivity contribution < 1.29 is 23.8 Å². The van der Waals surface area contributed by atoms with Gasteiger partial charge in [-0.25, -0.2) is 4.79 Å². The van der Waals surface area contributed by atoms with Crippen molar-refractivity contribution in [2.75, 3.05) is 27.5 Å². The van der Waals surface area contributed by atoms with Crippen LogP contribution in [0.3, 0.4) is 0 Å². The summed E-state index contributed by atoms with van der Waals surface area (Å²) in [4.78, 5) is 29.2. The number of hydrogen-bond acceptors (Lipinski definition) is 5. The molecule has 30 heavy (non-hydrogen) atoms. The molecule has 3 aliphatic heterocycles. The fourth-order valence-corrected chi connectivity index (χ4v) is 4.08. The van der Waals surface area contributed by atoms with Crippen LogP contribution < -0.4 is 19.5 Å². The maximum absolute atomic E-state index is 13.4. The summed E-state index contributed by atoms with van der Waals surface area (Å²) in [6, 6.07) is 12.3. The normalized spacial score (nSPS) is 19.9. The van der Waals surface area contributed by atoms with Gasteiger partial charge in [-0.3, -0.25) is 9.69 Å². The summed E-state index contributed by atoms with van der Waals surface area (Å²) in [5, 5.41) is 2.94. The Labute approximate surface area is 173 Å². The molecule has 3 amide bonds. The summed E-state index contributed by atoms with van der Waals surface area (Å²) < 4.78 is 16.1. The van der Waals surface area contributed by atoms with Crippen LogP contribution in [0.2, 0.25) is 0 Å². The van der Waals surface area contributed by atoms with Gasteiger partial charge in [-0.1, -0.05) is 18.2 Å².